The fourth-order valence-electron chi connectivity index (χ4n) is 0.883. The zero-order valence-electron chi connectivity index (χ0n) is 10.1. The number of allylic oxidation sites excluding steroid dienone is 4. The fraction of sp³-hybridized carbons (Fsp3) is 0.154. The van der Waals surface area contributed by atoms with Crippen LogP contribution in [0.2, 0.25) is 0 Å². The molecule has 0 amide bonds. The predicted molar refractivity (Wildman–Crippen MR) is 77.4 cm³/mol. The van der Waals surface area contributed by atoms with Crippen molar-refractivity contribution in [1.82, 2.24) is 0 Å². The summed E-state index contributed by atoms with van der Waals surface area (Å²) in [4.78, 5) is 1.06. The smallest absolute Gasteiger partial charge is 0.123 e. The molecule has 1 aromatic rings. The maximum Gasteiger partial charge on any atom is 0.123 e. The first-order valence-corrected chi connectivity index (χ1v) is 5.96. The second-order valence-corrected chi connectivity index (χ2v) is 4.27. The van der Waals surface area contributed by atoms with Crippen molar-refractivity contribution in [2.45, 2.75) is 13.5 Å². The van der Waals surface area contributed by atoms with Crippen LogP contribution in [0.4, 0.5) is 0 Å². The second kappa shape index (κ2) is 8.50. The Morgan fingerprint density at radius 1 is 1.53 bits per heavy atom. The van der Waals surface area contributed by atoms with Gasteiger partial charge in [-0.1, -0.05) is 37.0 Å². The van der Waals surface area contributed by atoms with Gasteiger partial charge in [-0.3, -0.25) is 5.41 Å². The van der Waals surface area contributed by atoms with Crippen LogP contribution in [0, 0.1) is 5.41 Å². The van der Waals surface area contributed by atoms with E-state index >= 15 is 0 Å². The maximum atomic E-state index is 7.07. The van der Waals surface area contributed by atoms with Gasteiger partial charge in [0.2, 0.25) is 0 Å². The van der Waals surface area contributed by atoms with Crippen molar-refractivity contribution in [2.24, 2.45) is 11.5 Å². The summed E-state index contributed by atoms with van der Waals surface area (Å²) in [6.07, 6.45) is 5.45. The highest BCUT2D eigenvalue weighted by Gasteiger charge is 1.98. The summed E-state index contributed by atoms with van der Waals surface area (Å²) in [5, 5.41) is 8.91. The van der Waals surface area contributed by atoms with Gasteiger partial charge >= 0.3 is 0 Å². The third-order valence-corrected chi connectivity index (χ3v) is 2.83. The Morgan fingerprint density at radius 2 is 2.18 bits per heavy atom. The van der Waals surface area contributed by atoms with Crippen LogP contribution in [-0.2, 0) is 6.54 Å². The van der Waals surface area contributed by atoms with E-state index in [-0.39, 0.29) is 5.84 Å². The number of hydrogen-bond donors (Lipinski definition) is 3. The van der Waals surface area contributed by atoms with Gasteiger partial charge in [0.15, 0.2) is 0 Å². The Balaban J connectivity index is 0.000000325. The minimum atomic E-state index is 0.107. The van der Waals surface area contributed by atoms with E-state index in [9.17, 15) is 0 Å². The molecule has 4 heteroatoms. The molecule has 1 aromatic heterocycles. The van der Waals surface area contributed by atoms with Crippen molar-refractivity contribution in [3.63, 3.8) is 0 Å². The molecule has 0 unspecified atom stereocenters. The zero-order valence-corrected chi connectivity index (χ0v) is 10.9. The van der Waals surface area contributed by atoms with Gasteiger partial charge in [-0.2, -0.15) is 0 Å². The van der Waals surface area contributed by atoms with Crippen LogP contribution in [0.1, 0.15) is 17.4 Å². The summed E-state index contributed by atoms with van der Waals surface area (Å²) in [5.41, 5.74) is 12.5. The van der Waals surface area contributed by atoms with Gasteiger partial charge in [-0.25, -0.2) is 0 Å². The Kier molecular flexibility index (Phi) is 7.67. The Bertz CT molecular complexity index is 416. The normalized spacial score (nSPS) is 10.1. The van der Waals surface area contributed by atoms with Crippen LogP contribution in [0.5, 0.6) is 0 Å². The topological polar surface area (TPSA) is 75.9 Å². The number of amidine groups is 1. The molecule has 3 nitrogen and oxygen atoms in total. The van der Waals surface area contributed by atoms with E-state index in [0.717, 1.165) is 16.0 Å². The number of nitrogens with two attached hydrogens (primary N) is 2. The Labute approximate surface area is 107 Å². The number of nitrogens with one attached hydrogen (secondary N) is 1. The lowest BCUT2D eigenvalue weighted by Crippen LogP contribution is -2.09. The lowest BCUT2D eigenvalue weighted by atomic mass is 10.3. The molecule has 0 aromatic carbocycles. The quantitative estimate of drug-likeness (QED) is 0.436. The molecule has 0 spiro atoms. The Morgan fingerprint density at radius 3 is 2.41 bits per heavy atom. The molecular formula is C13H19N3S. The summed E-state index contributed by atoms with van der Waals surface area (Å²) in [5.74, 6) is 0.107. The molecule has 5 N–H and O–H groups in total. The molecule has 0 saturated heterocycles. The highest BCUT2D eigenvalue weighted by atomic mass is 32.1. The highest BCUT2D eigenvalue weighted by Crippen LogP contribution is 2.12. The number of nitrogen functional groups attached to an aromatic ring is 1. The molecule has 17 heavy (non-hydrogen) atoms. The molecule has 0 bridgehead atoms. The van der Waals surface area contributed by atoms with Crippen LogP contribution >= 0.6 is 11.3 Å². The predicted octanol–water partition coefficient (Wildman–Crippen LogP) is 2.80. The molecule has 0 aliphatic carbocycles. The summed E-state index contributed by atoms with van der Waals surface area (Å²) in [6, 6.07) is 1.84. The van der Waals surface area contributed by atoms with Gasteiger partial charge in [0.25, 0.3) is 0 Å². The van der Waals surface area contributed by atoms with Gasteiger partial charge in [-0.05, 0) is 13.0 Å². The highest BCUT2D eigenvalue weighted by molar-refractivity contribution is 7.10. The van der Waals surface area contributed by atoms with E-state index in [4.69, 9.17) is 16.9 Å². The summed E-state index contributed by atoms with van der Waals surface area (Å²) in [7, 11) is 0. The lowest BCUT2D eigenvalue weighted by Gasteiger charge is -1.87. The fourth-order valence-corrected chi connectivity index (χ4v) is 1.65. The van der Waals surface area contributed by atoms with Gasteiger partial charge in [0, 0.05) is 22.4 Å². The van der Waals surface area contributed by atoms with Crippen LogP contribution in [0.15, 0.2) is 48.4 Å². The molecule has 0 saturated carbocycles. The molecule has 0 aliphatic heterocycles. The molecule has 0 atom stereocenters. The number of hydrogen-bond acceptors (Lipinski definition) is 3. The van der Waals surface area contributed by atoms with E-state index in [1.165, 1.54) is 11.3 Å². The molecule has 1 rings (SSSR count). The van der Waals surface area contributed by atoms with Crippen molar-refractivity contribution >= 4 is 17.2 Å². The Hall–Kier alpha value is -1.65. The standard InChI is InChI=1S/C7H10.C6H9N3S/c1-4-6-7(3)5-2;7-2-5-1-4(3-10-5)6(8)9/h4-6H,1-2H2,3H3;1,3H,2,7H2,(H3,8,9)/b7-6-;. The molecule has 0 fully saturated rings. The van der Waals surface area contributed by atoms with Crippen molar-refractivity contribution in [1.29, 1.82) is 5.41 Å². The summed E-state index contributed by atoms with van der Waals surface area (Å²) >= 11 is 1.53. The first-order valence-electron chi connectivity index (χ1n) is 5.08. The van der Waals surface area contributed by atoms with Crippen LogP contribution < -0.4 is 11.5 Å². The van der Waals surface area contributed by atoms with Gasteiger partial charge < -0.3 is 11.5 Å². The van der Waals surface area contributed by atoms with Gasteiger partial charge in [-0.15, -0.1) is 11.3 Å². The monoisotopic (exact) mass is 249 g/mol. The zero-order chi connectivity index (χ0) is 13.3. The molecule has 1 heterocycles. The summed E-state index contributed by atoms with van der Waals surface area (Å²) in [6.45, 7) is 9.59. The van der Waals surface area contributed by atoms with E-state index < -0.39 is 0 Å². The number of rotatable bonds is 4. The SMILES string of the molecule is C=C/C=C(/C)C=C.N=C(N)c1csc(CN)c1. The molecular weight excluding hydrogens is 230 g/mol. The van der Waals surface area contributed by atoms with Crippen molar-refractivity contribution in [2.75, 3.05) is 0 Å². The number of thiophene rings is 1. The average molecular weight is 249 g/mol. The third-order valence-electron chi connectivity index (χ3n) is 1.87. The summed E-state index contributed by atoms with van der Waals surface area (Å²) < 4.78 is 0. The lowest BCUT2D eigenvalue weighted by molar-refractivity contribution is 1.11. The van der Waals surface area contributed by atoms with Gasteiger partial charge in [0.1, 0.15) is 5.84 Å². The van der Waals surface area contributed by atoms with E-state index in [1.807, 2.05) is 24.4 Å². The van der Waals surface area contributed by atoms with Crippen molar-refractivity contribution < 1.29 is 0 Å². The average Bonchev–Trinajstić information content (AvgIpc) is 2.79. The first kappa shape index (κ1) is 15.3. The minimum Gasteiger partial charge on any atom is -0.384 e. The van der Waals surface area contributed by atoms with Crippen LogP contribution in [-0.4, -0.2) is 5.84 Å². The van der Waals surface area contributed by atoms with E-state index in [1.54, 1.807) is 12.2 Å². The first-order chi connectivity index (χ1) is 8.04. The maximum absolute atomic E-state index is 7.07. The van der Waals surface area contributed by atoms with Gasteiger partial charge in [0.05, 0.1) is 0 Å². The van der Waals surface area contributed by atoms with Crippen molar-refractivity contribution in [3.8, 4) is 0 Å². The van der Waals surface area contributed by atoms with Crippen molar-refractivity contribution in [3.05, 3.63) is 58.8 Å². The molecule has 0 aliphatic rings. The van der Waals surface area contributed by atoms with E-state index in [0.29, 0.717) is 6.54 Å². The third kappa shape index (κ3) is 6.50. The van der Waals surface area contributed by atoms with Crippen LogP contribution in [0.3, 0.4) is 0 Å². The van der Waals surface area contributed by atoms with Crippen LogP contribution in [0.25, 0.3) is 0 Å². The second-order valence-electron chi connectivity index (χ2n) is 3.27. The minimum absolute atomic E-state index is 0.107. The van der Waals surface area contributed by atoms with E-state index in [2.05, 4.69) is 13.2 Å². The largest absolute Gasteiger partial charge is 0.384 e. The molecule has 92 valence electrons. The molecule has 0 radical (unpaired) electrons.